The Morgan fingerprint density at radius 3 is 2.06 bits per heavy atom. The molecule has 0 bridgehead atoms. The van der Waals surface area contributed by atoms with Gasteiger partial charge in [-0.05, 0) is 54.8 Å². The summed E-state index contributed by atoms with van der Waals surface area (Å²) in [5.41, 5.74) is 1.52. The molecule has 180 valence electrons. The number of carbonyl (C=O) groups excluding carboxylic acids is 3. The van der Waals surface area contributed by atoms with Crippen LogP contribution in [0.2, 0.25) is 0 Å². The van der Waals surface area contributed by atoms with Gasteiger partial charge in [0.2, 0.25) is 5.91 Å². The maximum atomic E-state index is 13.7. The quantitative estimate of drug-likeness (QED) is 0.498. The molecule has 1 aliphatic carbocycles. The number of methoxy groups -OCH3 is 1. The SMILES string of the molecule is COc1ccc(N(C(=O)C(=O)Nc2ccccc2)[C@@H](C(=O)NC2CCCC2)c2ccccc2)cc1. The van der Waals surface area contributed by atoms with Crippen LogP contribution in [-0.4, -0.2) is 30.9 Å². The zero-order valence-corrected chi connectivity index (χ0v) is 19.6. The molecular weight excluding hydrogens is 442 g/mol. The highest BCUT2D eigenvalue weighted by Crippen LogP contribution is 2.31. The molecular formula is C28H29N3O4. The third-order valence-electron chi connectivity index (χ3n) is 6.12. The minimum absolute atomic E-state index is 0.0553. The van der Waals surface area contributed by atoms with E-state index < -0.39 is 17.9 Å². The Hall–Kier alpha value is -4.13. The maximum Gasteiger partial charge on any atom is 0.317 e. The second kappa shape index (κ2) is 11.3. The van der Waals surface area contributed by atoms with E-state index in [4.69, 9.17) is 4.74 Å². The molecule has 35 heavy (non-hydrogen) atoms. The highest BCUT2D eigenvalue weighted by atomic mass is 16.5. The van der Waals surface area contributed by atoms with Gasteiger partial charge in [0.15, 0.2) is 0 Å². The number of nitrogens with zero attached hydrogens (tertiary/aromatic N) is 1. The van der Waals surface area contributed by atoms with E-state index in [2.05, 4.69) is 10.6 Å². The van der Waals surface area contributed by atoms with Gasteiger partial charge in [0, 0.05) is 17.4 Å². The number of nitrogens with one attached hydrogen (secondary N) is 2. The molecule has 4 rings (SSSR count). The van der Waals surface area contributed by atoms with Crippen molar-refractivity contribution in [3.63, 3.8) is 0 Å². The third kappa shape index (κ3) is 5.87. The van der Waals surface area contributed by atoms with Gasteiger partial charge in [0.05, 0.1) is 7.11 Å². The largest absolute Gasteiger partial charge is 0.497 e. The van der Waals surface area contributed by atoms with E-state index in [1.807, 2.05) is 24.3 Å². The van der Waals surface area contributed by atoms with Crippen molar-refractivity contribution in [3.05, 3.63) is 90.5 Å². The summed E-state index contributed by atoms with van der Waals surface area (Å²) >= 11 is 0. The fourth-order valence-electron chi connectivity index (χ4n) is 4.35. The van der Waals surface area contributed by atoms with Crippen LogP contribution in [-0.2, 0) is 14.4 Å². The maximum absolute atomic E-state index is 13.7. The highest BCUT2D eigenvalue weighted by Gasteiger charge is 2.37. The van der Waals surface area contributed by atoms with Gasteiger partial charge < -0.3 is 15.4 Å². The molecule has 1 saturated carbocycles. The van der Waals surface area contributed by atoms with Gasteiger partial charge in [-0.2, -0.15) is 0 Å². The minimum Gasteiger partial charge on any atom is -0.497 e. The molecule has 0 saturated heterocycles. The average molecular weight is 472 g/mol. The molecule has 3 aromatic rings. The molecule has 2 N–H and O–H groups in total. The molecule has 1 fully saturated rings. The fourth-order valence-corrected chi connectivity index (χ4v) is 4.35. The van der Waals surface area contributed by atoms with Crippen LogP contribution in [0.1, 0.15) is 37.3 Å². The second-order valence-electron chi connectivity index (χ2n) is 8.50. The van der Waals surface area contributed by atoms with E-state index in [0.717, 1.165) is 25.7 Å². The lowest BCUT2D eigenvalue weighted by Gasteiger charge is -2.32. The van der Waals surface area contributed by atoms with Crippen LogP contribution in [0.5, 0.6) is 5.75 Å². The average Bonchev–Trinajstić information content (AvgIpc) is 3.41. The zero-order valence-electron chi connectivity index (χ0n) is 19.6. The van der Waals surface area contributed by atoms with Gasteiger partial charge in [-0.3, -0.25) is 19.3 Å². The summed E-state index contributed by atoms with van der Waals surface area (Å²) < 4.78 is 5.26. The molecule has 3 amide bonds. The molecule has 0 heterocycles. The van der Waals surface area contributed by atoms with Crippen LogP contribution in [0.4, 0.5) is 11.4 Å². The standard InChI is InChI=1S/C28H29N3O4/c1-35-24-18-16-23(17-19-24)31(28(34)27(33)30-22-12-6-3-7-13-22)25(20-10-4-2-5-11-20)26(32)29-21-14-8-9-15-21/h2-7,10-13,16-19,21,25H,8-9,14-15H2,1H3,(H,29,32)(H,30,33)/t25-/m1/s1. The lowest BCUT2D eigenvalue weighted by atomic mass is 10.0. The molecule has 0 aromatic heterocycles. The van der Waals surface area contributed by atoms with Gasteiger partial charge in [0.1, 0.15) is 11.8 Å². The molecule has 0 radical (unpaired) electrons. The lowest BCUT2D eigenvalue weighted by molar-refractivity contribution is -0.136. The normalized spacial score (nSPS) is 14.1. The molecule has 0 spiro atoms. The van der Waals surface area contributed by atoms with Crippen molar-refractivity contribution in [2.45, 2.75) is 37.8 Å². The summed E-state index contributed by atoms with van der Waals surface area (Å²) in [6, 6.07) is 23.6. The first-order chi connectivity index (χ1) is 17.1. The minimum atomic E-state index is -1.03. The predicted octanol–water partition coefficient (Wildman–Crippen LogP) is 4.47. The Morgan fingerprint density at radius 1 is 0.857 bits per heavy atom. The first-order valence-corrected chi connectivity index (χ1v) is 11.8. The van der Waals surface area contributed by atoms with Crippen LogP contribution in [0.15, 0.2) is 84.9 Å². The van der Waals surface area contributed by atoms with Gasteiger partial charge in [0.25, 0.3) is 0 Å². The predicted molar refractivity (Wildman–Crippen MR) is 135 cm³/mol. The molecule has 0 unspecified atom stereocenters. The molecule has 1 aliphatic rings. The summed E-state index contributed by atoms with van der Waals surface area (Å²) in [5.74, 6) is -1.39. The number of rotatable bonds is 7. The smallest absolute Gasteiger partial charge is 0.317 e. The Balaban J connectivity index is 1.73. The van der Waals surface area contributed by atoms with E-state index in [1.165, 1.54) is 4.90 Å². The number of hydrogen-bond acceptors (Lipinski definition) is 4. The molecule has 7 heteroatoms. The first kappa shape index (κ1) is 24.0. The number of para-hydroxylation sites is 1. The summed E-state index contributed by atoms with van der Waals surface area (Å²) in [6.07, 6.45) is 3.92. The number of amides is 3. The Labute approximate surface area is 205 Å². The molecule has 1 atom stereocenters. The second-order valence-corrected chi connectivity index (χ2v) is 8.50. The summed E-state index contributed by atoms with van der Waals surface area (Å²) in [5, 5.41) is 5.75. The van der Waals surface area contributed by atoms with Crippen molar-refractivity contribution in [1.82, 2.24) is 5.32 Å². The van der Waals surface area contributed by atoms with Crippen molar-refractivity contribution in [3.8, 4) is 5.75 Å². The van der Waals surface area contributed by atoms with Gasteiger partial charge >= 0.3 is 11.8 Å². The number of benzene rings is 3. The summed E-state index contributed by atoms with van der Waals surface area (Å²) in [7, 11) is 1.55. The fraction of sp³-hybridized carbons (Fsp3) is 0.250. The van der Waals surface area contributed by atoms with Crippen LogP contribution >= 0.6 is 0 Å². The van der Waals surface area contributed by atoms with E-state index in [0.29, 0.717) is 22.7 Å². The Kier molecular flexibility index (Phi) is 7.77. The highest BCUT2D eigenvalue weighted by molar-refractivity contribution is 6.45. The van der Waals surface area contributed by atoms with E-state index in [9.17, 15) is 14.4 Å². The Morgan fingerprint density at radius 2 is 1.46 bits per heavy atom. The monoisotopic (exact) mass is 471 g/mol. The lowest BCUT2D eigenvalue weighted by Crippen LogP contribution is -2.49. The molecule has 0 aliphatic heterocycles. The van der Waals surface area contributed by atoms with Crippen LogP contribution in [0.3, 0.4) is 0 Å². The topological polar surface area (TPSA) is 87.7 Å². The molecule has 3 aromatic carbocycles. The number of anilines is 2. The van der Waals surface area contributed by atoms with E-state index >= 15 is 0 Å². The molecule has 7 nitrogen and oxygen atoms in total. The Bertz CT molecular complexity index is 1140. The van der Waals surface area contributed by atoms with E-state index in [-0.39, 0.29) is 11.9 Å². The zero-order chi connectivity index (χ0) is 24.6. The van der Waals surface area contributed by atoms with Crippen molar-refractivity contribution in [2.75, 3.05) is 17.3 Å². The summed E-state index contributed by atoms with van der Waals surface area (Å²) in [6.45, 7) is 0. The first-order valence-electron chi connectivity index (χ1n) is 11.8. The summed E-state index contributed by atoms with van der Waals surface area (Å²) in [4.78, 5) is 41.7. The van der Waals surface area contributed by atoms with Crippen LogP contribution in [0, 0.1) is 0 Å². The van der Waals surface area contributed by atoms with Crippen LogP contribution in [0.25, 0.3) is 0 Å². The number of hydrogen-bond donors (Lipinski definition) is 2. The van der Waals surface area contributed by atoms with Gasteiger partial charge in [-0.15, -0.1) is 0 Å². The van der Waals surface area contributed by atoms with Gasteiger partial charge in [-0.25, -0.2) is 0 Å². The van der Waals surface area contributed by atoms with Gasteiger partial charge in [-0.1, -0.05) is 61.4 Å². The van der Waals surface area contributed by atoms with Crippen molar-refractivity contribution in [2.24, 2.45) is 0 Å². The number of carbonyl (C=O) groups is 3. The van der Waals surface area contributed by atoms with Crippen molar-refractivity contribution >= 4 is 29.1 Å². The van der Waals surface area contributed by atoms with Crippen molar-refractivity contribution < 1.29 is 19.1 Å². The van der Waals surface area contributed by atoms with Crippen molar-refractivity contribution in [1.29, 1.82) is 0 Å². The van der Waals surface area contributed by atoms with E-state index in [1.54, 1.807) is 67.8 Å². The van der Waals surface area contributed by atoms with Crippen LogP contribution < -0.4 is 20.3 Å². The third-order valence-corrected chi connectivity index (χ3v) is 6.12. The number of ether oxygens (including phenoxy) is 1.